The van der Waals surface area contributed by atoms with Crippen LogP contribution in [-0.2, 0) is 17.8 Å². The summed E-state index contributed by atoms with van der Waals surface area (Å²) in [6.07, 6.45) is 9.21. The number of methoxy groups -OCH3 is 1. The van der Waals surface area contributed by atoms with Crippen LogP contribution in [0.4, 0.5) is 11.8 Å². The first-order chi connectivity index (χ1) is 17.1. The standard InChI is InChI=1S/C27H38N6O2/c1-3-4-6-12-29-25-24-22(30-26(28)31-25)10-13-33(24)17-21-15-20(8-9-23(21)34-2)16-32-18-27(19-32)11-5-7-14-35-27/h8-10,13,15H,3-7,11-12,14,16-19H2,1-2H3,(H3,28,29,30,31). The summed E-state index contributed by atoms with van der Waals surface area (Å²) in [7, 11) is 1.73. The Morgan fingerprint density at radius 2 is 2.03 bits per heavy atom. The monoisotopic (exact) mass is 478 g/mol. The molecule has 0 atom stereocenters. The van der Waals surface area contributed by atoms with Gasteiger partial charge >= 0.3 is 0 Å². The van der Waals surface area contributed by atoms with E-state index in [4.69, 9.17) is 15.2 Å². The predicted molar refractivity (Wildman–Crippen MR) is 140 cm³/mol. The molecule has 0 unspecified atom stereocenters. The fourth-order valence-electron chi connectivity index (χ4n) is 5.50. The number of hydrogen-bond acceptors (Lipinski definition) is 7. The van der Waals surface area contributed by atoms with E-state index in [9.17, 15) is 0 Å². The Hall–Kier alpha value is -2.84. The average molecular weight is 479 g/mol. The molecular weight excluding hydrogens is 440 g/mol. The van der Waals surface area contributed by atoms with Gasteiger partial charge in [0.15, 0.2) is 5.82 Å². The molecule has 2 saturated heterocycles. The third-order valence-corrected chi connectivity index (χ3v) is 7.25. The van der Waals surface area contributed by atoms with Crippen LogP contribution < -0.4 is 15.8 Å². The summed E-state index contributed by atoms with van der Waals surface area (Å²) >= 11 is 0. The first-order valence-electron chi connectivity index (χ1n) is 13.0. The lowest BCUT2D eigenvalue weighted by Gasteiger charge is -2.51. The molecule has 2 fully saturated rings. The maximum atomic E-state index is 6.11. The summed E-state index contributed by atoms with van der Waals surface area (Å²) in [4.78, 5) is 11.5. The van der Waals surface area contributed by atoms with Crippen LogP contribution in [0.15, 0.2) is 30.5 Å². The molecule has 0 radical (unpaired) electrons. The SMILES string of the molecule is CCCCCNc1nc(N)nc2ccn(Cc3cc(CN4CC5(CCCCO5)C4)ccc3OC)c12. The van der Waals surface area contributed by atoms with E-state index in [1.807, 2.05) is 6.07 Å². The molecule has 4 heterocycles. The number of nitrogens with two attached hydrogens (primary N) is 1. The van der Waals surface area contributed by atoms with Crippen LogP contribution in [0.1, 0.15) is 56.6 Å². The molecule has 8 heteroatoms. The number of benzene rings is 1. The quantitative estimate of drug-likeness (QED) is 0.417. The lowest BCUT2D eigenvalue weighted by Crippen LogP contribution is -2.63. The van der Waals surface area contributed by atoms with Crippen molar-refractivity contribution in [2.24, 2.45) is 0 Å². The number of likely N-dealkylation sites (tertiary alicyclic amines) is 1. The molecule has 1 spiro atoms. The fourth-order valence-corrected chi connectivity index (χ4v) is 5.50. The van der Waals surface area contributed by atoms with Crippen molar-refractivity contribution in [3.63, 3.8) is 0 Å². The minimum absolute atomic E-state index is 0.111. The van der Waals surface area contributed by atoms with Gasteiger partial charge in [0.05, 0.1) is 24.8 Å². The third kappa shape index (κ3) is 5.23. The number of unbranched alkanes of at least 4 members (excludes halogenated alkanes) is 2. The normalized spacial score (nSPS) is 17.5. The number of anilines is 2. The van der Waals surface area contributed by atoms with Crippen molar-refractivity contribution in [1.29, 1.82) is 0 Å². The highest BCUT2D eigenvalue weighted by Crippen LogP contribution is 2.35. The molecule has 0 saturated carbocycles. The maximum absolute atomic E-state index is 6.11. The average Bonchev–Trinajstić information content (AvgIpc) is 3.24. The Kier molecular flexibility index (Phi) is 7.11. The molecule has 188 valence electrons. The molecule has 2 aliphatic heterocycles. The third-order valence-electron chi connectivity index (χ3n) is 7.25. The van der Waals surface area contributed by atoms with Crippen molar-refractivity contribution in [3.8, 4) is 5.75 Å². The van der Waals surface area contributed by atoms with Crippen molar-refractivity contribution in [3.05, 3.63) is 41.6 Å². The Morgan fingerprint density at radius 3 is 2.80 bits per heavy atom. The minimum atomic E-state index is 0.111. The summed E-state index contributed by atoms with van der Waals surface area (Å²) in [6, 6.07) is 8.53. The topological polar surface area (TPSA) is 90.5 Å². The molecule has 8 nitrogen and oxygen atoms in total. The van der Waals surface area contributed by atoms with Crippen molar-refractivity contribution >= 4 is 22.8 Å². The van der Waals surface area contributed by atoms with Gasteiger partial charge in [-0.2, -0.15) is 4.98 Å². The van der Waals surface area contributed by atoms with E-state index in [1.54, 1.807) is 7.11 Å². The number of fused-ring (bicyclic) bond motifs is 1. The maximum Gasteiger partial charge on any atom is 0.222 e. The number of hydrogen-bond donors (Lipinski definition) is 2. The highest BCUT2D eigenvalue weighted by Gasteiger charge is 2.44. The minimum Gasteiger partial charge on any atom is -0.496 e. The van der Waals surface area contributed by atoms with Crippen molar-refractivity contribution in [2.45, 2.75) is 64.1 Å². The van der Waals surface area contributed by atoms with Gasteiger partial charge in [0, 0.05) is 44.5 Å². The van der Waals surface area contributed by atoms with Gasteiger partial charge in [-0.05, 0) is 49.4 Å². The van der Waals surface area contributed by atoms with E-state index >= 15 is 0 Å². The van der Waals surface area contributed by atoms with E-state index in [-0.39, 0.29) is 5.60 Å². The van der Waals surface area contributed by atoms with Gasteiger partial charge in [0.2, 0.25) is 5.95 Å². The molecule has 2 aliphatic rings. The molecule has 1 aromatic carbocycles. The van der Waals surface area contributed by atoms with E-state index in [1.165, 1.54) is 37.7 Å². The van der Waals surface area contributed by atoms with Gasteiger partial charge in [0.1, 0.15) is 11.3 Å². The van der Waals surface area contributed by atoms with Crippen LogP contribution in [0.3, 0.4) is 0 Å². The second kappa shape index (κ2) is 10.4. The summed E-state index contributed by atoms with van der Waals surface area (Å²) in [6.45, 7) is 7.64. The number of ether oxygens (including phenoxy) is 2. The van der Waals surface area contributed by atoms with Crippen LogP contribution in [0, 0.1) is 0 Å². The number of rotatable bonds is 10. The lowest BCUT2D eigenvalue weighted by molar-refractivity contribution is -0.168. The second-order valence-electron chi connectivity index (χ2n) is 10.0. The van der Waals surface area contributed by atoms with Crippen LogP contribution in [-0.4, -0.2) is 58.4 Å². The first kappa shape index (κ1) is 23.9. The van der Waals surface area contributed by atoms with Gasteiger partial charge < -0.3 is 25.1 Å². The van der Waals surface area contributed by atoms with Crippen molar-refractivity contribution in [1.82, 2.24) is 19.4 Å². The first-order valence-corrected chi connectivity index (χ1v) is 13.0. The highest BCUT2D eigenvalue weighted by atomic mass is 16.5. The number of nitrogens with zero attached hydrogens (tertiary/aromatic N) is 4. The molecule has 0 amide bonds. The van der Waals surface area contributed by atoms with Crippen LogP contribution in [0.25, 0.3) is 11.0 Å². The van der Waals surface area contributed by atoms with Crippen molar-refractivity contribution < 1.29 is 9.47 Å². The Bertz CT molecular complexity index is 1150. The van der Waals surface area contributed by atoms with Gasteiger partial charge in [-0.1, -0.05) is 25.8 Å². The number of nitrogen functional groups attached to an aromatic ring is 1. The van der Waals surface area contributed by atoms with Gasteiger partial charge in [0.25, 0.3) is 0 Å². The van der Waals surface area contributed by atoms with Crippen LogP contribution >= 0.6 is 0 Å². The molecule has 35 heavy (non-hydrogen) atoms. The molecule has 0 bridgehead atoms. The summed E-state index contributed by atoms with van der Waals surface area (Å²) in [5.74, 6) is 1.98. The summed E-state index contributed by atoms with van der Waals surface area (Å²) < 4.78 is 14.0. The van der Waals surface area contributed by atoms with Crippen LogP contribution in [0.5, 0.6) is 5.75 Å². The molecule has 5 rings (SSSR count). The van der Waals surface area contributed by atoms with E-state index in [0.29, 0.717) is 12.5 Å². The van der Waals surface area contributed by atoms with Gasteiger partial charge in [-0.25, -0.2) is 4.98 Å². The Balaban J connectivity index is 1.34. The van der Waals surface area contributed by atoms with Crippen molar-refractivity contribution in [2.75, 3.05) is 44.4 Å². The zero-order valence-electron chi connectivity index (χ0n) is 21.1. The van der Waals surface area contributed by atoms with E-state index < -0.39 is 0 Å². The molecule has 3 aromatic rings. The Labute approximate surface area is 207 Å². The second-order valence-corrected chi connectivity index (χ2v) is 10.0. The van der Waals surface area contributed by atoms with E-state index in [0.717, 1.165) is 67.4 Å². The van der Waals surface area contributed by atoms with Gasteiger partial charge in [-0.15, -0.1) is 0 Å². The molecule has 0 aliphatic carbocycles. The highest BCUT2D eigenvalue weighted by molar-refractivity contribution is 5.87. The molecule has 3 N–H and O–H groups in total. The fraction of sp³-hybridized carbons (Fsp3) is 0.556. The van der Waals surface area contributed by atoms with Gasteiger partial charge in [-0.3, -0.25) is 4.90 Å². The summed E-state index contributed by atoms with van der Waals surface area (Å²) in [5, 5.41) is 3.48. The van der Waals surface area contributed by atoms with E-state index in [2.05, 4.69) is 56.1 Å². The number of nitrogens with one attached hydrogen (secondary N) is 1. The summed E-state index contributed by atoms with van der Waals surface area (Å²) in [5.41, 5.74) is 10.4. The smallest absolute Gasteiger partial charge is 0.222 e. The number of aromatic nitrogens is 3. The predicted octanol–water partition coefficient (Wildman–Crippen LogP) is 4.43. The largest absolute Gasteiger partial charge is 0.496 e. The molecular formula is C27H38N6O2. The van der Waals surface area contributed by atoms with Crippen LogP contribution in [0.2, 0.25) is 0 Å². The lowest BCUT2D eigenvalue weighted by atomic mass is 9.86. The zero-order chi connectivity index (χ0) is 24.3. The Morgan fingerprint density at radius 1 is 1.14 bits per heavy atom. The zero-order valence-corrected chi connectivity index (χ0v) is 21.1. The molecule has 2 aromatic heterocycles.